The van der Waals surface area contributed by atoms with Crippen LogP contribution >= 0.6 is 12.2 Å². The Morgan fingerprint density at radius 2 is 1.90 bits per heavy atom. The van der Waals surface area contributed by atoms with E-state index in [4.69, 9.17) is 12.2 Å². The molecule has 2 heterocycles. The number of hydrogen-bond acceptors (Lipinski definition) is 5. The maximum absolute atomic E-state index is 13.4. The van der Waals surface area contributed by atoms with Crippen LogP contribution in [0.5, 0.6) is 0 Å². The van der Waals surface area contributed by atoms with Crippen molar-refractivity contribution in [2.24, 2.45) is 5.92 Å². The molecule has 1 aliphatic carbocycles. The van der Waals surface area contributed by atoms with Gasteiger partial charge in [0.2, 0.25) is 5.91 Å². The van der Waals surface area contributed by atoms with E-state index in [9.17, 15) is 19.4 Å². The Morgan fingerprint density at radius 1 is 1.20 bits per heavy atom. The van der Waals surface area contributed by atoms with E-state index in [1.165, 1.54) is 31.4 Å². The number of anilines is 1. The SMILES string of the molecule is O=C(NCCN1CCCCC1)[C@@H]1C[C@@H](O)[C@H](O)[C@@H]2NC(=S)N(c3ccc(F)cc3)[C@H]21. The number of benzene rings is 1. The van der Waals surface area contributed by atoms with Crippen molar-refractivity contribution in [3.05, 3.63) is 30.1 Å². The molecule has 0 unspecified atom stereocenters. The lowest BCUT2D eigenvalue weighted by Gasteiger charge is -2.41. The fourth-order valence-corrected chi connectivity index (χ4v) is 5.26. The Hall–Kier alpha value is -1.81. The molecule has 7 nitrogen and oxygen atoms in total. The standard InChI is InChI=1S/C21H29FN4O3S/c22-13-4-6-14(7-5-13)26-18-15(12-16(27)19(28)17(18)24-21(26)30)20(29)23-8-11-25-9-2-1-3-10-25/h4-7,15-19,27-28H,1-3,8-12H2,(H,23,29)(H,24,30)/t15-,16-,17-,18+,19+/m1/s1. The van der Waals surface area contributed by atoms with E-state index in [1.54, 1.807) is 17.0 Å². The van der Waals surface area contributed by atoms with Crippen molar-refractivity contribution in [1.82, 2.24) is 15.5 Å². The maximum Gasteiger partial charge on any atom is 0.225 e. The summed E-state index contributed by atoms with van der Waals surface area (Å²) >= 11 is 5.46. The molecule has 2 saturated heterocycles. The summed E-state index contributed by atoms with van der Waals surface area (Å²) in [6.45, 7) is 3.47. The number of piperidine rings is 1. The summed E-state index contributed by atoms with van der Waals surface area (Å²) < 4.78 is 13.4. The molecule has 1 aromatic rings. The summed E-state index contributed by atoms with van der Waals surface area (Å²) in [6.07, 6.45) is 1.73. The summed E-state index contributed by atoms with van der Waals surface area (Å²) in [6, 6.07) is 4.85. The third-order valence-corrected chi connectivity index (χ3v) is 6.78. The van der Waals surface area contributed by atoms with Crippen molar-refractivity contribution in [3.8, 4) is 0 Å². The van der Waals surface area contributed by atoms with Crippen LogP contribution in [0.1, 0.15) is 25.7 Å². The highest BCUT2D eigenvalue weighted by Gasteiger charge is 2.53. The average Bonchev–Trinajstić information content (AvgIpc) is 3.09. The second-order valence-corrected chi connectivity index (χ2v) is 8.79. The largest absolute Gasteiger partial charge is 0.390 e. The molecule has 9 heteroatoms. The molecule has 0 spiro atoms. The molecule has 1 saturated carbocycles. The van der Waals surface area contributed by atoms with E-state index in [1.807, 2.05) is 0 Å². The van der Waals surface area contributed by atoms with E-state index in [-0.39, 0.29) is 18.1 Å². The normalized spacial score (nSPS) is 31.9. The molecule has 0 aromatic heterocycles. The fourth-order valence-electron chi connectivity index (χ4n) is 4.89. The topological polar surface area (TPSA) is 88.1 Å². The third kappa shape index (κ3) is 4.30. The minimum Gasteiger partial charge on any atom is -0.390 e. The number of rotatable bonds is 5. The zero-order valence-corrected chi connectivity index (χ0v) is 17.7. The molecule has 0 radical (unpaired) electrons. The number of carbonyl (C=O) groups excluding carboxylic acids is 1. The molecular weight excluding hydrogens is 407 g/mol. The molecule has 4 rings (SSSR count). The van der Waals surface area contributed by atoms with Gasteiger partial charge in [0, 0.05) is 18.8 Å². The van der Waals surface area contributed by atoms with E-state index in [0.717, 1.165) is 19.6 Å². The Kier molecular flexibility index (Phi) is 6.52. The summed E-state index contributed by atoms with van der Waals surface area (Å²) in [5.41, 5.74) is 0.649. The first kappa shape index (κ1) is 21.4. The van der Waals surface area contributed by atoms with Crippen molar-refractivity contribution in [2.75, 3.05) is 31.1 Å². The van der Waals surface area contributed by atoms with Crippen molar-refractivity contribution < 1.29 is 19.4 Å². The van der Waals surface area contributed by atoms with Crippen molar-refractivity contribution in [1.29, 1.82) is 0 Å². The highest BCUT2D eigenvalue weighted by atomic mass is 32.1. The van der Waals surface area contributed by atoms with Crippen LogP contribution in [0.15, 0.2) is 24.3 Å². The first-order chi connectivity index (χ1) is 14.5. The zero-order chi connectivity index (χ0) is 21.3. The predicted octanol–water partition coefficient (Wildman–Crippen LogP) is 0.601. The minimum absolute atomic E-state index is 0.139. The Bertz CT molecular complexity index is 774. The summed E-state index contributed by atoms with van der Waals surface area (Å²) in [7, 11) is 0. The number of nitrogens with one attached hydrogen (secondary N) is 2. The highest BCUT2D eigenvalue weighted by molar-refractivity contribution is 7.80. The molecule has 1 amide bonds. The van der Waals surface area contributed by atoms with Crippen LogP contribution in [-0.4, -0.2) is 76.6 Å². The molecule has 3 fully saturated rings. The number of carbonyl (C=O) groups is 1. The lowest BCUT2D eigenvalue weighted by atomic mass is 9.77. The van der Waals surface area contributed by atoms with Gasteiger partial charge in [-0.3, -0.25) is 4.79 Å². The molecule has 0 bridgehead atoms. The monoisotopic (exact) mass is 436 g/mol. The fraction of sp³-hybridized carbons (Fsp3) is 0.619. The second kappa shape index (κ2) is 9.13. The second-order valence-electron chi connectivity index (χ2n) is 8.41. The number of halogens is 1. The number of aliphatic hydroxyl groups is 2. The maximum atomic E-state index is 13.4. The van der Waals surface area contributed by atoms with Crippen molar-refractivity contribution in [2.45, 2.75) is 50.0 Å². The number of aliphatic hydroxyl groups excluding tert-OH is 2. The minimum atomic E-state index is -1.05. The summed E-state index contributed by atoms with van der Waals surface area (Å²) in [5.74, 6) is -1.08. The Balaban J connectivity index is 1.49. The summed E-state index contributed by atoms with van der Waals surface area (Å²) in [5, 5.41) is 27.3. The molecule has 1 aromatic carbocycles. The van der Waals surface area contributed by atoms with Gasteiger partial charge in [0.25, 0.3) is 0 Å². The number of likely N-dealkylation sites (tertiary alicyclic amines) is 1. The number of amides is 1. The highest BCUT2D eigenvalue weighted by Crippen LogP contribution is 2.36. The van der Waals surface area contributed by atoms with Crippen LogP contribution in [0.25, 0.3) is 0 Å². The lowest BCUT2D eigenvalue weighted by molar-refractivity contribution is -0.131. The molecule has 30 heavy (non-hydrogen) atoms. The number of nitrogens with zero attached hydrogens (tertiary/aromatic N) is 2. The first-order valence-electron chi connectivity index (χ1n) is 10.7. The van der Waals surface area contributed by atoms with Crippen LogP contribution in [-0.2, 0) is 4.79 Å². The molecule has 4 N–H and O–H groups in total. The molecule has 3 aliphatic rings. The zero-order valence-electron chi connectivity index (χ0n) is 16.8. The third-order valence-electron chi connectivity index (χ3n) is 6.46. The predicted molar refractivity (Wildman–Crippen MR) is 116 cm³/mol. The van der Waals surface area contributed by atoms with Gasteiger partial charge in [-0.25, -0.2) is 4.39 Å². The smallest absolute Gasteiger partial charge is 0.225 e. The van der Waals surface area contributed by atoms with Crippen molar-refractivity contribution >= 4 is 28.9 Å². The summed E-state index contributed by atoms with van der Waals surface area (Å²) in [4.78, 5) is 17.2. The molecule has 164 valence electrons. The van der Waals surface area contributed by atoms with Gasteiger partial charge in [0.1, 0.15) is 11.9 Å². The van der Waals surface area contributed by atoms with Gasteiger partial charge in [0.15, 0.2) is 5.11 Å². The molecular formula is C21H29FN4O3S. The van der Waals surface area contributed by atoms with Crippen LogP contribution in [0.4, 0.5) is 10.1 Å². The van der Waals surface area contributed by atoms with Gasteiger partial charge in [0.05, 0.1) is 24.1 Å². The van der Waals surface area contributed by atoms with E-state index < -0.39 is 30.2 Å². The van der Waals surface area contributed by atoms with Crippen LogP contribution in [0.2, 0.25) is 0 Å². The van der Waals surface area contributed by atoms with Gasteiger partial charge in [-0.15, -0.1) is 0 Å². The van der Waals surface area contributed by atoms with Gasteiger partial charge in [-0.1, -0.05) is 6.42 Å². The van der Waals surface area contributed by atoms with E-state index in [0.29, 0.717) is 17.3 Å². The number of thiocarbonyl (C=S) groups is 1. The lowest BCUT2D eigenvalue weighted by Crippen LogP contribution is -2.61. The van der Waals surface area contributed by atoms with Crippen molar-refractivity contribution in [3.63, 3.8) is 0 Å². The molecule has 5 atom stereocenters. The number of fused-ring (bicyclic) bond motifs is 1. The quantitative estimate of drug-likeness (QED) is 0.503. The van der Waals surface area contributed by atoms with Gasteiger partial charge in [-0.2, -0.15) is 0 Å². The van der Waals surface area contributed by atoms with E-state index in [2.05, 4.69) is 15.5 Å². The van der Waals surface area contributed by atoms with E-state index >= 15 is 0 Å². The number of hydrogen-bond donors (Lipinski definition) is 4. The van der Waals surface area contributed by atoms with Gasteiger partial charge < -0.3 is 30.6 Å². The van der Waals surface area contributed by atoms with Crippen LogP contribution < -0.4 is 15.5 Å². The average molecular weight is 437 g/mol. The van der Waals surface area contributed by atoms with Crippen LogP contribution in [0.3, 0.4) is 0 Å². The molecule has 2 aliphatic heterocycles. The Morgan fingerprint density at radius 3 is 2.60 bits per heavy atom. The van der Waals surface area contributed by atoms with Gasteiger partial charge >= 0.3 is 0 Å². The van der Waals surface area contributed by atoms with Crippen LogP contribution in [0, 0.1) is 11.7 Å². The first-order valence-corrected chi connectivity index (χ1v) is 11.1. The van der Waals surface area contributed by atoms with Gasteiger partial charge in [-0.05, 0) is 68.8 Å². The Labute approximate surface area is 181 Å².